The van der Waals surface area contributed by atoms with Gasteiger partial charge < -0.3 is 14.2 Å². The lowest BCUT2D eigenvalue weighted by molar-refractivity contribution is -0.167. The summed E-state index contributed by atoms with van der Waals surface area (Å²) >= 11 is 0. The van der Waals surface area contributed by atoms with E-state index in [9.17, 15) is 14.4 Å². The molecule has 0 aliphatic rings. The van der Waals surface area contributed by atoms with Gasteiger partial charge in [-0.05, 0) is 83.5 Å². The van der Waals surface area contributed by atoms with Crippen LogP contribution in [0.3, 0.4) is 0 Å². The number of carbonyl (C=O) groups excluding carboxylic acids is 3. The Bertz CT molecular complexity index is 1330. The molecule has 1 atom stereocenters. The van der Waals surface area contributed by atoms with Crippen molar-refractivity contribution in [2.75, 3.05) is 13.2 Å². The molecule has 0 fully saturated rings. The maximum Gasteiger partial charge on any atom is 0.306 e. The first kappa shape index (κ1) is 71.1. The van der Waals surface area contributed by atoms with Gasteiger partial charge in [0.25, 0.3) is 0 Å². The molecule has 0 amide bonds. The lowest BCUT2D eigenvalue weighted by Crippen LogP contribution is -2.30. The minimum absolute atomic E-state index is 0.0830. The van der Waals surface area contributed by atoms with Gasteiger partial charge in [0, 0.05) is 19.3 Å². The molecule has 0 rings (SSSR count). The highest BCUT2D eigenvalue weighted by atomic mass is 16.6. The van der Waals surface area contributed by atoms with E-state index >= 15 is 0 Å². The van der Waals surface area contributed by atoms with Crippen molar-refractivity contribution >= 4 is 17.9 Å². The van der Waals surface area contributed by atoms with Gasteiger partial charge in [0.05, 0.1) is 0 Å². The minimum atomic E-state index is -0.785. The zero-order valence-corrected chi connectivity index (χ0v) is 49.4. The molecule has 0 bridgehead atoms. The molecular weight excluding hydrogens is 913 g/mol. The molecule has 74 heavy (non-hydrogen) atoms. The van der Waals surface area contributed by atoms with Crippen molar-refractivity contribution in [3.8, 4) is 0 Å². The van der Waals surface area contributed by atoms with Gasteiger partial charge in [0.2, 0.25) is 0 Å². The van der Waals surface area contributed by atoms with E-state index in [1.54, 1.807) is 0 Å². The normalized spacial score (nSPS) is 12.4. The molecule has 0 saturated heterocycles. The largest absolute Gasteiger partial charge is 0.462 e. The molecule has 0 aliphatic heterocycles. The summed E-state index contributed by atoms with van der Waals surface area (Å²) in [6.45, 7) is 6.61. The quantitative estimate of drug-likeness (QED) is 0.0261. The van der Waals surface area contributed by atoms with Crippen LogP contribution in [0.15, 0.2) is 60.8 Å². The Kier molecular flexibility index (Phi) is 60.2. The molecule has 6 nitrogen and oxygen atoms in total. The van der Waals surface area contributed by atoms with Crippen LogP contribution in [0.5, 0.6) is 0 Å². The van der Waals surface area contributed by atoms with E-state index in [2.05, 4.69) is 81.5 Å². The first-order valence-electron chi connectivity index (χ1n) is 32.3. The third kappa shape index (κ3) is 60.0. The van der Waals surface area contributed by atoms with Crippen LogP contribution in [0, 0.1) is 0 Å². The molecule has 0 heterocycles. The average molecular weight is 1040 g/mol. The number of hydrogen-bond acceptors (Lipinski definition) is 6. The summed E-state index contributed by atoms with van der Waals surface area (Å²) < 4.78 is 16.9. The lowest BCUT2D eigenvalue weighted by Gasteiger charge is -2.18. The number of allylic oxidation sites excluding steroid dienone is 10. The summed E-state index contributed by atoms with van der Waals surface area (Å²) in [4.78, 5) is 38.3. The number of hydrogen-bond donors (Lipinski definition) is 0. The average Bonchev–Trinajstić information content (AvgIpc) is 3.40. The van der Waals surface area contributed by atoms with Crippen LogP contribution in [-0.4, -0.2) is 37.2 Å². The highest BCUT2D eigenvalue weighted by Gasteiger charge is 2.19. The smallest absolute Gasteiger partial charge is 0.306 e. The first-order chi connectivity index (χ1) is 36.5. The second-order valence-corrected chi connectivity index (χ2v) is 21.7. The Morgan fingerprint density at radius 1 is 0.270 bits per heavy atom. The van der Waals surface area contributed by atoms with Gasteiger partial charge >= 0.3 is 17.9 Å². The molecule has 0 spiro atoms. The van der Waals surface area contributed by atoms with Crippen LogP contribution in [0.2, 0.25) is 0 Å². The van der Waals surface area contributed by atoms with E-state index in [-0.39, 0.29) is 31.1 Å². The minimum Gasteiger partial charge on any atom is -0.462 e. The molecule has 0 saturated carbocycles. The van der Waals surface area contributed by atoms with Gasteiger partial charge in [-0.3, -0.25) is 14.4 Å². The monoisotopic (exact) mass is 1030 g/mol. The fraction of sp³-hybridized carbons (Fsp3) is 0.809. The topological polar surface area (TPSA) is 78.9 Å². The summed E-state index contributed by atoms with van der Waals surface area (Å²) in [5.74, 6) is -0.890. The van der Waals surface area contributed by atoms with Crippen molar-refractivity contribution < 1.29 is 28.6 Å². The molecule has 0 aromatic heterocycles. The molecule has 0 aliphatic carbocycles. The summed E-state index contributed by atoms with van der Waals surface area (Å²) in [6, 6.07) is 0. The third-order valence-corrected chi connectivity index (χ3v) is 14.2. The number of rotatable bonds is 59. The molecule has 0 radical (unpaired) electrons. The van der Waals surface area contributed by atoms with Gasteiger partial charge in [-0.2, -0.15) is 0 Å². The van der Waals surface area contributed by atoms with Gasteiger partial charge in [-0.1, -0.05) is 293 Å². The number of esters is 3. The van der Waals surface area contributed by atoms with Crippen molar-refractivity contribution in [3.63, 3.8) is 0 Å². The van der Waals surface area contributed by atoms with Gasteiger partial charge in [0.1, 0.15) is 13.2 Å². The molecule has 1 unspecified atom stereocenters. The van der Waals surface area contributed by atoms with Gasteiger partial charge in [0.15, 0.2) is 6.10 Å². The Morgan fingerprint density at radius 2 is 0.500 bits per heavy atom. The highest BCUT2D eigenvalue weighted by molar-refractivity contribution is 5.71. The van der Waals surface area contributed by atoms with Crippen molar-refractivity contribution in [2.24, 2.45) is 0 Å². The molecule has 0 aromatic rings. The number of unbranched alkanes of at least 4 members (excludes halogenated alkanes) is 38. The summed E-state index contributed by atoms with van der Waals surface area (Å²) in [5.41, 5.74) is 0. The standard InChI is InChI=1S/C68H122O6/c1-4-7-10-13-16-19-22-25-28-30-32-34-36-38-40-43-46-49-52-55-58-61-67(70)73-64-65(63-72-66(69)60-57-54-51-48-45-42-27-24-21-18-15-12-9-6-3)74-68(71)62-59-56-53-50-47-44-41-39-37-35-33-31-29-26-23-20-17-14-11-8-5-2/h15,18,22,24-25,27,30,32,36,38,65H,4-14,16-17,19-21,23,26,28-29,31,33-35,37,39-64H2,1-3H3/b18-15-,25-22-,27-24-,32-30-,38-36-. The zero-order valence-electron chi connectivity index (χ0n) is 49.4. The molecule has 0 aromatic carbocycles. The Balaban J connectivity index is 4.35. The van der Waals surface area contributed by atoms with Gasteiger partial charge in [-0.25, -0.2) is 0 Å². The number of carbonyl (C=O) groups is 3. The Morgan fingerprint density at radius 3 is 0.797 bits per heavy atom. The number of ether oxygens (including phenoxy) is 3. The van der Waals surface area contributed by atoms with Crippen molar-refractivity contribution in [3.05, 3.63) is 60.8 Å². The fourth-order valence-corrected chi connectivity index (χ4v) is 9.35. The second kappa shape index (κ2) is 62.6. The summed E-state index contributed by atoms with van der Waals surface area (Å²) in [5, 5.41) is 0. The zero-order chi connectivity index (χ0) is 53.6. The predicted molar refractivity (Wildman–Crippen MR) is 321 cm³/mol. The SMILES string of the molecule is CCCC/C=C\C/C=C\CCCCCCCC(=O)OCC(COC(=O)CCCCCCCC/C=C\C/C=C\C/C=C\CCCCCCC)OC(=O)CCCCCCCCCCCCCCCCCCCCCCC. The van der Waals surface area contributed by atoms with E-state index in [0.29, 0.717) is 19.3 Å². The van der Waals surface area contributed by atoms with Gasteiger partial charge in [-0.15, -0.1) is 0 Å². The van der Waals surface area contributed by atoms with Crippen molar-refractivity contribution in [1.29, 1.82) is 0 Å². The maximum atomic E-state index is 12.9. The molecule has 0 N–H and O–H groups in total. The van der Waals surface area contributed by atoms with Crippen molar-refractivity contribution in [1.82, 2.24) is 0 Å². The van der Waals surface area contributed by atoms with E-state index in [4.69, 9.17) is 14.2 Å². The first-order valence-corrected chi connectivity index (χ1v) is 32.3. The fourth-order valence-electron chi connectivity index (χ4n) is 9.35. The summed E-state index contributed by atoms with van der Waals surface area (Å²) in [7, 11) is 0. The van der Waals surface area contributed by atoms with Crippen LogP contribution >= 0.6 is 0 Å². The van der Waals surface area contributed by atoms with Crippen LogP contribution in [-0.2, 0) is 28.6 Å². The van der Waals surface area contributed by atoms with E-state index < -0.39 is 6.10 Å². The van der Waals surface area contributed by atoms with E-state index in [0.717, 1.165) is 96.3 Å². The molecular formula is C68H122O6. The summed E-state index contributed by atoms with van der Waals surface area (Å²) in [6.07, 6.45) is 79.4. The molecule has 430 valence electrons. The maximum absolute atomic E-state index is 12.9. The van der Waals surface area contributed by atoms with E-state index in [1.165, 1.54) is 199 Å². The third-order valence-electron chi connectivity index (χ3n) is 14.2. The van der Waals surface area contributed by atoms with Crippen molar-refractivity contribution in [2.45, 2.75) is 341 Å². The Hall–Kier alpha value is -2.89. The predicted octanol–water partition coefficient (Wildman–Crippen LogP) is 21.9. The highest BCUT2D eigenvalue weighted by Crippen LogP contribution is 2.17. The Labute approximate surface area is 460 Å². The lowest BCUT2D eigenvalue weighted by atomic mass is 10.0. The molecule has 6 heteroatoms. The van der Waals surface area contributed by atoms with E-state index in [1.807, 2.05) is 0 Å². The van der Waals surface area contributed by atoms with Crippen LogP contribution < -0.4 is 0 Å². The van der Waals surface area contributed by atoms with Crippen LogP contribution in [0.4, 0.5) is 0 Å². The van der Waals surface area contributed by atoms with Crippen LogP contribution in [0.1, 0.15) is 335 Å². The second-order valence-electron chi connectivity index (χ2n) is 21.7. The van der Waals surface area contributed by atoms with Crippen LogP contribution in [0.25, 0.3) is 0 Å².